The molecule has 0 saturated heterocycles. The van der Waals surface area contributed by atoms with Gasteiger partial charge in [-0.2, -0.15) is 0 Å². The second-order valence-electron chi connectivity index (χ2n) is 7.98. The van der Waals surface area contributed by atoms with Crippen LogP contribution in [0.25, 0.3) is 0 Å². The third kappa shape index (κ3) is 7.61. The lowest BCUT2D eigenvalue weighted by Gasteiger charge is -2.28. The van der Waals surface area contributed by atoms with E-state index >= 15 is 0 Å². The molecule has 10 heteroatoms. The first kappa shape index (κ1) is 25.8. The molecule has 1 aromatic heterocycles. The fraction of sp³-hybridized carbons (Fsp3) is 0.458. The summed E-state index contributed by atoms with van der Waals surface area (Å²) < 4.78 is 48.2. The number of hydrogen-bond acceptors (Lipinski definition) is 6. The molecule has 0 saturated carbocycles. The molecule has 0 fully saturated rings. The maximum Gasteiger partial charge on any atom is 0.573 e. The van der Waals surface area contributed by atoms with E-state index in [1.54, 1.807) is 7.11 Å². The van der Waals surface area contributed by atoms with Gasteiger partial charge in [-0.15, -0.1) is 13.2 Å². The van der Waals surface area contributed by atoms with E-state index in [9.17, 15) is 18.4 Å². The van der Waals surface area contributed by atoms with E-state index in [0.717, 1.165) is 34.2 Å². The van der Waals surface area contributed by atoms with Crippen molar-refractivity contribution < 1.29 is 22.6 Å². The van der Waals surface area contributed by atoms with E-state index in [1.165, 1.54) is 24.3 Å². The minimum atomic E-state index is -4.73. The van der Waals surface area contributed by atoms with E-state index in [4.69, 9.17) is 9.73 Å². The summed E-state index contributed by atoms with van der Waals surface area (Å²) in [6, 6.07) is 7.50. The van der Waals surface area contributed by atoms with Gasteiger partial charge in [-0.3, -0.25) is 4.99 Å². The van der Waals surface area contributed by atoms with Crippen LogP contribution in [0.2, 0.25) is 0 Å². The number of anilines is 1. The van der Waals surface area contributed by atoms with E-state index in [0.29, 0.717) is 51.2 Å². The predicted octanol–water partition coefficient (Wildman–Crippen LogP) is 5.84. The molecule has 0 unspecified atom stereocenters. The average Bonchev–Trinajstić information content (AvgIpc) is 3.10. The van der Waals surface area contributed by atoms with Gasteiger partial charge in [0.1, 0.15) is 11.6 Å². The van der Waals surface area contributed by atoms with Crippen LogP contribution in [-0.4, -0.2) is 48.5 Å². The molecule has 0 radical (unpaired) electrons. The van der Waals surface area contributed by atoms with Gasteiger partial charge >= 0.3 is 6.36 Å². The van der Waals surface area contributed by atoms with Gasteiger partial charge in [0.05, 0.1) is 11.4 Å². The predicted molar refractivity (Wildman–Crippen MR) is 126 cm³/mol. The van der Waals surface area contributed by atoms with Gasteiger partial charge in [0.15, 0.2) is 0 Å². The summed E-state index contributed by atoms with van der Waals surface area (Å²) >= 11 is 0. The molecule has 186 valence electrons. The first-order valence-electron chi connectivity index (χ1n) is 11.3. The number of hydrogen-bond donors (Lipinski definition) is 1. The normalized spacial score (nSPS) is 15.1. The summed E-state index contributed by atoms with van der Waals surface area (Å²) in [4.78, 5) is 4.73. The van der Waals surface area contributed by atoms with Crippen LogP contribution in [0.1, 0.15) is 38.2 Å². The lowest BCUT2D eigenvalue weighted by atomic mass is 10.0. The van der Waals surface area contributed by atoms with Gasteiger partial charge in [-0.25, -0.2) is 0 Å². The number of rotatable bonds is 11. The molecule has 0 atom stereocenters. The number of aliphatic imine (C=N–C) groups is 1. The number of halogens is 3. The van der Waals surface area contributed by atoms with Crippen LogP contribution in [0.3, 0.4) is 0 Å². The Bertz CT molecular complexity index is 984. The number of nitrogens with zero attached hydrogens (tertiary/aromatic N) is 3. The van der Waals surface area contributed by atoms with Gasteiger partial charge < -0.3 is 29.6 Å². The summed E-state index contributed by atoms with van der Waals surface area (Å²) in [5.74, 6) is 0.602. The smallest absolute Gasteiger partial charge is 0.573 e. The molecule has 0 aliphatic carbocycles. The number of ether oxygens (including phenoxy) is 2. The standard InChI is InChI=1S/C24H30F3N4O3/c1-3-18-16-22(29-19-6-8-20(9-7-19)34-24(25,26)27)21-10-14-30(23(21)28-17-18)11-4-12-31(32)13-5-15-33-2/h6-10,14,17,28H,3-5,11-13,15-16H2,1-2H3/q-1. The van der Waals surface area contributed by atoms with Crippen molar-refractivity contribution in [3.05, 3.63) is 59.1 Å². The minimum absolute atomic E-state index is 0.283. The first-order chi connectivity index (χ1) is 16.3. The summed E-state index contributed by atoms with van der Waals surface area (Å²) in [7, 11) is 1.62. The number of alkyl halides is 3. The third-order valence-electron chi connectivity index (χ3n) is 5.43. The van der Waals surface area contributed by atoms with Gasteiger partial charge in [-0.1, -0.05) is 6.92 Å². The quantitative estimate of drug-likeness (QED) is 0.324. The molecule has 0 bridgehead atoms. The molecule has 2 heterocycles. The zero-order valence-electron chi connectivity index (χ0n) is 19.4. The maximum atomic E-state index is 12.4. The highest BCUT2D eigenvalue weighted by molar-refractivity contribution is 6.07. The summed E-state index contributed by atoms with van der Waals surface area (Å²) in [6.07, 6.45) is 2.05. The molecular weight excluding hydrogens is 449 g/mol. The van der Waals surface area contributed by atoms with Crippen LogP contribution in [0.5, 0.6) is 5.75 Å². The van der Waals surface area contributed by atoms with Gasteiger partial charge in [-0.05, 0) is 68.3 Å². The number of aromatic nitrogens is 1. The van der Waals surface area contributed by atoms with Crippen molar-refractivity contribution in [2.45, 2.75) is 45.5 Å². The summed E-state index contributed by atoms with van der Waals surface area (Å²) in [6.45, 7) is 4.17. The van der Waals surface area contributed by atoms with Crippen molar-refractivity contribution in [3.8, 4) is 5.75 Å². The van der Waals surface area contributed by atoms with Crippen molar-refractivity contribution >= 4 is 17.2 Å². The fourth-order valence-corrected chi connectivity index (χ4v) is 3.70. The second kappa shape index (κ2) is 12.0. The van der Waals surface area contributed by atoms with Crippen LogP contribution in [0.15, 0.2) is 53.3 Å². The average molecular weight is 480 g/mol. The van der Waals surface area contributed by atoms with Crippen molar-refractivity contribution in [2.75, 3.05) is 32.1 Å². The monoisotopic (exact) mass is 479 g/mol. The maximum absolute atomic E-state index is 12.4. The lowest BCUT2D eigenvalue weighted by molar-refractivity contribution is -0.274. The van der Waals surface area contributed by atoms with Crippen LogP contribution >= 0.6 is 0 Å². The molecule has 1 aliphatic heterocycles. The largest absolute Gasteiger partial charge is 0.785 e. The Morgan fingerprint density at radius 2 is 1.88 bits per heavy atom. The van der Waals surface area contributed by atoms with E-state index in [2.05, 4.69) is 21.5 Å². The van der Waals surface area contributed by atoms with Crippen LogP contribution in [-0.2, 0) is 11.3 Å². The van der Waals surface area contributed by atoms with Crippen molar-refractivity contribution in [1.82, 2.24) is 9.63 Å². The highest BCUT2D eigenvalue weighted by atomic mass is 19.4. The number of aryl methyl sites for hydroxylation is 1. The molecule has 7 nitrogen and oxygen atoms in total. The van der Waals surface area contributed by atoms with E-state index in [1.807, 2.05) is 18.5 Å². The highest BCUT2D eigenvalue weighted by Gasteiger charge is 2.31. The fourth-order valence-electron chi connectivity index (χ4n) is 3.70. The molecule has 0 amide bonds. The molecule has 2 aromatic rings. The number of fused-ring (bicyclic) bond motifs is 1. The molecule has 0 spiro atoms. The van der Waals surface area contributed by atoms with Gasteiger partial charge in [0.2, 0.25) is 0 Å². The second-order valence-corrected chi connectivity index (χ2v) is 7.98. The zero-order valence-corrected chi connectivity index (χ0v) is 19.4. The Morgan fingerprint density at radius 3 is 2.56 bits per heavy atom. The lowest BCUT2D eigenvalue weighted by Crippen LogP contribution is -2.21. The number of hydroxylamine groups is 2. The van der Waals surface area contributed by atoms with Crippen molar-refractivity contribution in [1.29, 1.82) is 0 Å². The SMILES string of the molecule is CCC1=CNc2c(ccn2CCCN([O-])CCCOC)C(=Nc2ccc(OC(F)(F)F)cc2)C1. The number of benzene rings is 1. The Kier molecular flexibility index (Phi) is 9.14. The summed E-state index contributed by atoms with van der Waals surface area (Å²) in [5, 5.41) is 16.4. The van der Waals surface area contributed by atoms with Gasteiger partial charge in [0.25, 0.3) is 0 Å². The van der Waals surface area contributed by atoms with E-state index < -0.39 is 6.36 Å². The Labute approximate surface area is 197 Å². The Morgan fingerprint density at radius 1 is 1.15 bits per heavy atom. The minimum Gasteiger partial charge on any atom is -0.785 e. The molecule has 3 rings (SSSR count). The number of methoxy groups -OCH3 is 1. The summed E-state index contributed by atoms with van der Waals surface area (Å²) in [5.41, 5.74) is 3.44. The van der Waals surface area contributed by atoms with Crippen LogP contribution in [0.4, 0.5) is 24.7 Å². The van der Waals surface area contributed by atoms with Crippen LogP contribution < -0.4 is 10.1 Å². The molecule has 34 heavy (non-hydrogen) atoms. The number of allylic oxidation sites excluding steroid dienone is 1. The third-order valence-corrected chi connectivity index (χ3v) is 5.43. The zero-order chi connectivity index (χ0) is 24.6. The highest BCUT2D eigenvalue weighted by Crippen LogP contribution is 2.30. The van der Waals surface area contributed by atoms with Crippen molar-refractivity contribution in [2.24, 2.45) is 4.99 Å². The van der Waals surface area contributed by atoms with Crippen molar-refractivity contribution in [3.63, 3.8) is 0 Å². The van der Waals surface area contributed by atoms with Crippen LogP contribution in [0, 0.1) is 5.21 Å². The molecule has 1 aliphatic rings. The molecule has 1 aromatic carbocycles. The first-order valence-corrected chi connectivity index (χ1v) is 11.3. The van der Waals surface area contributed by atoms with E-state index in [-0.39, 0.29) is 5.75 Å². The molecular formula is C24H30F3N4O3-. The Hall–Kier alpha value is -2.82. The number of nitrogens with one attached hydrogen (secondary N) is 1. The topological polar surface area (TPSA) is 74.1 Å². The molecule has 1 N–H and O–H groups in total. The van der Waals surface area contributed by atoms with Gasteiger partial charge in [0, 0.05) is 44.6 Å². The Balaban J connectivity index is 1.74.